The van der Waals surface area contributed by atoms with Gasteiger partial charge in [0, 0.05) is 17.5 Å². The van der Waals surface area contributed by atoms with Crippen molar-refractivity contribution in [2.75, 3.05) is 6.54 Å². The normalized spacial score (nSPS) is 17.5. The molecule has 132 valence electrons. The lowest BCUT2D eigenvalue weighted by Crippen LogP contribution is -2.42. The number of piperidine rings is 1. The highest BCUT2D eigenvalue weighted by Crippen LogP contribution is 2.30. The third-order valence-corrected chi connectivity index (χ3v) is 5.59. The van der Waals surface area contributed by atoms with Crippen LogP contribution in [0.1, 0.15) is 52.7 Å². The Bertz CT molecular complexity index is 770. The molecule has 2 aromatic rings. The van der Waals surface area contributed by atoms with E-state index >= 15 is 0 Å². The number of furan rings is 1. The molecular weight excluding hydrogens is 338 g/mol. The number of likely N-dealkylation sites (tertiary alicyclic amines) is 1. The summed E-state index contributed by atoms with van der Waals surface area (Å²) in [4.78, 5) is 26.9. The highest BCUT2D eigenvalue weighted by atomic mass is 32.2. The summed E-state index contributed by atoms with van der Waals surface area (Å²) >= 11 is 1.43. The average Bonchev–Trinajstić information content (AvgIpc) is 3.09. The summed E-state index contributed by atoms with van der Waals surface area (Å²) in [6.07, 6.45) is 4.62. The minimum Gasteiger partial charge on any atom is -0.478 e. The second kappa shape index (κ2) is 7.78. The Balaban J connectivity index is 1.78. The van der Waals surface area contributed by atoms with Crippen molar-refractivity contribution in [3.8, 4) is 0 Å². The number of carbonyl (C=O) groups excluding carboxylic acids is 1. The summed E-state index contributed by atoms with van der Waals surface area (Å²) in [6, 6.07) is 9.19. The number of thioether (sulfide) groups is 1. The Morgan fingerprint density at radius 2 is 2.04 bits per heavy atom. The van der Waals surface area contributed by atoms with Crippen molar-refractivity contribution < 1.29 is 19.1 Å². The molecule has 3 rings (SSSR count). The van der Waals surface area contributed by atoms with Gasteiger partial charge in [-0.2, -0.15) is 0 Å². The van der Waals surface area contributed by atoms with Gasteiger partial charge in [0.1, 0.15) is 11.3 Å². The van der Waals surface area contributed by atoms with E-state index in [1.165, 1.54) is 24.1 Å². The van der Waals surface area contributed by atoms with Gasteiger partial charge < -0.3 is 14.4 Å². The molecule has 1 N–H and O–H groups in total. The van der Waals surface area contributed by atoms with E-state index in [9.17, 15) is 9.59 Å². The molecule has 1 unspecified atom stereocenters. The average molecular weight is 359 g/mol. The Kier molecular flexibility index (Phi) is 5.48. The summed E-state index contributed by atoms with van der Waals surface area (Å²) in [7, 11) is 0. The maximum absolute atomic E-state index is 13.0. The molecule has 1 saturated heterocycles. The van der Waals surface area contributed by atoms with Gasteiger partial charge in [0.05, 0.1) is 17.6 Å². The number of carboxylic acids is 1. The molecule has 0 aliphatic carbocycles. The van der Waals surface area contributed by atoms with E-state index in [4.69, 9.17) is 9.52 Å². The molecule has 2 heterocycles. The largest absolute Gasteiger partial charge is 0.478 e. The van der Waals surface area contributed by atoms with Gasteiger partial charge in [0.25, 0.3) is 5.91 Å². The van der Waals surface area contributed by atoms with Crippen molar-refractivity contribution >= 4 is 23.6 Å². The first-order chi connectivity index (χ1) is 12.1. The first-order valence-electron chi connectivity index (χ1n) is 8.40. The lowest BCUT2D eigenvalue weighted by Gasteiger charge is -2.33. The maximum atomic E-state index is 13.0. The van der Waals surface area contributed by atoms with Gasteiger partial charge in [-0.25, -0.2) is 4.79 Å². The molecule has 6 heteroatoms. The van der Waals surface area contributed by atoms with Gasteiger partial charge in [-0.15, -0.1) is 11.8 Å². The number of carbonyl (C=O) groups is 2. The van der Waals surface area contributed by atoms with Gasteiger partial charge in [0.2, 0.25) is 0 Å². The quantitative estimate of drug-likeness (QED) is 0.807. The first kappa shape index (κ1) is 17.6. The second-order valence-electron chi connectivity index (χ2n) is 6.19. The molecule has 1 aliphatic rings. The zero-order valence-corrected chi connectivity index (χ0v) is 14.9. The zero-order chi connectivity index (χ0) is 17.8. The highest BCUT2D eigenvalue weighted by molar-refractivity contribution is 7.98. The molecule has 0 saturated carbocycles. The minimum atomic E-state index is -1.00. The molecule has 1 aliphatic heterocycles. The van der Waals surface area contributed by atoms with Crippen molar-refractivity contribution in [3.63, 3.8) is 0 Å². The van der Waals surface area contributed by atoms with E-state index in [-0.39, 0.29) is 17.5 Å². The number of benzene rings is 1. The monoisotopic (exact) mass is 359 g/mol. The van der Waals surface area contributed by atoms with E-state index in [0.717, 1.165) is 30.7 Å². The number of rotatable bonds is 5. The number of hydrogen-bond acceptors (Lipinski definition) is 4. The molecule has 0 radical (unpaired) electrons. The van der Waals surface area contributed by atoms with Crippen molar-refractivity contribution in [3.05, 3.63) is 53.5 Å². The summed E-state index contributed by atoms with van der Waals surface area (Å²) in [5, 5.41) is 9.16. The van der Waals surface area contributed by atoms with Crippen LogP contribution in [0, 0.1) is 0 Å². The molecule has 1 aromatic heterocycles. The van der Waals surface area contributed by atoms with Gasteiger partial charge in [0.15, 0.2) is 0 Å². The van der Waals surface area contributed by atoms with Crippen LogP contribution >= 0.6 is 11.8 Å². The van der Waals surface area contributed by atoms with Crippen LogP contribution < -0.4 is 0 Å². The topological polar surface area (TPSA) is 70.8 Å². The summed E-state index contributed by atoms with van der Waals surface area (Å²) in [5.41, 5.74) is 0.839. The third-order valence-electron chi connectivity index (χ3n) is 4.52. The molecule has 0 bridgehead atoms. The fourth-order valence-electron chi connectivity index (χ4n) is 3.11. The van der Waals surface area contributed by atoms with Crippen LogP contribution in [0.15, 0.2) is 45.9 Å². The predicted octanol–water partition coefficient (Wildman–Crippen LogP) is 4.28. The summed E-state index contributed by atoms with van der Waals surface area (Å²) in [5.74, 6) is -0.177. The van der Waals surface area contributed by atoms with Crippen LogP contribution in [-0.4, -0.2) is 34.5 Å². The van der Waals surface area contributed by atoms with E-state index in [2.05, 4.69) is 6.92 Å². The standard InChI is InChI=1S/C19H21NO4S/c1-13-6-4-5-10-20(13)18(21)15-7-2-3-8-17(15)25-12-16-14(19(22)23)9-11-24-16/h2-3,7-9,11,13H,4-6,10,12H2,1H3,(H,22,23). The zero-order valence-electron chi connectivity index (χ0n) is 14.1. The Morgan fingerprint density at radius 1 is 1.24 bits per heavy atom. The van der Waals surface area contributed by atoms with Crippen LogP contribution in [0.5, 0.6) is 0 Å². The van der Waals surface area contributed by atoms with Crippen LogP contribution in [-0.2, 0) is 5.75 Å². The first-order valence-corrected chi connectivity index (χ1v) is 9.39. The number of carboxylic acid groups (broad SMARTS) is 1. The third kappa shape index (κ3) is 3.90. The molecule has 1 atom stereocenters. The fourth-order valence-corrected chi connectivity index (χ4v) is 4.11. The minimum absolute atomic E-state index is 0.0493. The molecule has 1 fully saturated rings. The van der Waals surface area contributed by atoms with E-state index < -0.39 is 5.97 Å². The van der Waals surface area contributed by atoms with Crippen LogP contribution in [0.25, 0.3) is 0 Å². The van der Waals surface area contributed by atoms with Crippen LogP contribution in [0.2, 0.25) is 0 Å². The molecule has 5 nitrogen and oxygen atoms in total. The number of hydrogen-bond donors (Lipinski definition) is 1. The van der Waals surface area contributed by atoms with E-state index in [1.54, 1.807) is 0 Å². The van der Waals surface area contributed by atoms with Gasteiger partial charge in [-0.1, -0.05) is 12.1 Å². The predicted molar refractivity (Wildman–Crippen MR) is 96.0 cm³/mol. The SMILES string of the molecule is CC1CCCCN1C(=O)c1ccccc1SCc1occc1C(=O)O. The molecule has 1 amide bonds. The van der Waals surface area contributed by atoms with Crippen LogP contribution in [0.3, 0.4) is 0 Å². The van der Waals surface area contributed by atoms with Crippen molar-refractivity contribution in [2.45, 2.75) is 42.9 Å². The van der Waals surface area contributed by atoms with Crippen molar-refractivity contribution in [1.29, 1.82) is 0 Å². The van der Waals surface area contributed by atoms with Gasteiger partial charge >= 0.3 is 5.97 Å². The molecule has 0 spiro atoms. The molecular formula is C19H21NO4S. The van der Waals surface area contributed by atoms with E-state index in [0.29, 0.717) is 17.1 Å². The van der Waals surface area contributed by atoms with Crippen LogP contribution in [0.4, 0.5) is 0 Å². The number of nitrogens with zero attached hydrogens (tertiary/aromatic N) is 1. The van der Waals surface area contributed by atoms with Crippen molar-refractivity contribution in [2.24, 2.45) is 0 Å². The Morgan fingerprint density at radius 3 is 2.80 bits per heavy atom. The van der Waals surface area contributed by atoms with Crippen molar-refractivity contribution in [1.82, 2.24) is 4.90 Å². The highest BCUT2D eigenvalue weighted by Gasteiger charge is 2.26. The van der Waals surface area contributed by atoms with Gasteiger partial charge in [-0.05, 0) is 44.4 Å². The lowest BCUT2D eigenvalue weighted by molar-refractivity contribution is 0.0630. The maximum Gasteiger partial charge on any atom is 0.339 e. The summed E-state index contributed by atoms with van der Waals surface area (Å²) in [6.45, 7) is 2.88. The fraction of sp³-hybridized carbons (Fsp3) is 0.368. The Hall–Kier alpha value is -2.21. The summed E-state index contributed by atoms with van der Waals surface area (Å²) < 4.78 is 5.28. The molecule has 1 aromatic carbocycles. The second-order valence-corrected chi connectivity index (χ2v) is 7.21. The number of aromatic carboxylic acids is 1. The Labute approximate surface area is 151 Å². The molecule has 25 heavy (non-hydrogen) atoms. The smallest absolute Gasteiger partial charge is 0.339 e. The number of amides is 1. The lowest BCUT2D eigenvalue weighted by atomic mass is 10.0. The van der Waals surface area contributed by atoms with E-state index in [1.807, 2.05) is 29.2 Å². The van der Waals surface area contributed by atoms with Gasteiger partial charge in [-0.3, -0.25) is 4.79 Å².